The second kappa shape index (κ2) is 4.20. The number of carbonyl (C=O) groups is 2. The molecular formula is C13H16N2O2. The van der Waals surface area contributed by atoms with Crippen LogP contribution in [0, 0.1) is 0 Å². The largest absolute Gasteiger partial charge is 0.399 e. The zero-order valence-corrected chi connectivity index (χ0v) is 9.82. The number of anilines is 1. The minimum Gasteiger partial charge on any atom is -0.399 e. The van der Waals surface area contributed by atoms with Gasteiger partial charge in [-0.1, -0.05) is 19.1 Å². The summed E-state index contributed by atoms with van der Waals surface area (Å²) in [4.78, 5) is 23.3. The second-order valence-electron chi connectivity index (χ2n) is 4.43. The maximum atomic E-state index is 12.1. The van der Waals surface area contributed by atoms with E-state index in [9.17, 15) is 9.59 Å². The fraction of sp³-hybridized carbons (Fsp3) is 0.385. The SMILES string of the molecule is CC[C@]1(c2ccc(N)cc2)CCC(=O)NC1=O. The Hall–Kier alpha value is -1.84. The van der Waals surface area contributed by atoms with E-state index >= 15 is 0 Å². The van der Waals surface area contributed by atoms with Crippen LogP contribution in [0.2, 0.25) is 0 Å². The number of benzene rings is 1. The van der Waals surface area contributed by atoms with E-state index in [2.05, 4.69) is 5.32 Å². The lowest BCUT2D eigenvalue weighted by atomic mass is 9.72. The Morgan fingerprint density at radius 2 is 1.94 bits per heavy atom. The van der Waals surface area contributed by atoms with Gasteiger partial charge in [-0.25, -0.2) is 0 Å². The van der Waals surface area contributed by atoms with Gasteiger partial charge in [0, 0.05) is 12.1 Å². The molecule has 0 aliphatic carbocycles. The highest BCUT2D eigenvalue weighted by Gasteiger charge is 2.42. The minimum absolute atomic E-state index is 0.186. The predicted octanol–water partition coefficient (Wildman–Crippen LogP) is 1.35. The summed E-state index contributed by atoms with van der Waals surface area (Å²) in [6.45, 7) is 1.96. The summed E-state index contributed by atoms with van der Waals surface area (Å²) in [5, 5.41) is 2.43. The average molecular weight is 232 g/mol. The number of nitrogens with one attached hydrogen (secondary N) is 1. The first-order valence-electron chi connectivity index (χ1n) is 5.79. The highest BCUT2D eigenvalue weighted by atomic mass is 16.2. The number of nitrogens with two attached hydrogens (primary N) is 1. The van der Waals surface area contributed by atoms with Crippen LogP contribution in [0.3, 0.4) is 0 Å². The topological polar surface area (TPSA) is 72.2 Å². The number of nitrogen functional groups attached to an aromatic ring is 1. The molecule has 0 radical (unpaired) electrons. The second-order valence-corrected chi connectivity index (χ2v) is 4.43. The molecule has 0 unspecified atom stereocenters. The lowest BCUT2D eigenvalue weighted by molar-refractivity contribution is -0.138. The smallest absolute Gasteiger partial charge is 0.237 e. The van der Waals surface area contributed by atoms with E-state index in [1.165, 1.54) is 0 Å². The van der Waals surface area contributed by atoms with Crippen LogP contribution in [-0.4, -0.2) is 11.8 Å². The Morgan fingerprint density at radius 3 is 2.47 bits per heavy atom. The standard InChI is InChI=1S/C13H16N2O2/c1-2-13(8-7-11(16)15-12(13)17)9-3-5-10(14)6-4-9/h3-6H,2,7-8,14H2,1H3,(H,15,16,17)/t13-/m1/s1. The molecule has 4 nitrogen and oxygen atoms in total. The summed E-state index contributed by atoms with van der Waals surface area (Å²) in [5.74, 6) is -0.379. The molecule has 0 saturated carbocycles. The summed E-state index contributed by atoms with van der Waals surface area (Å²) in [5.41, 5.74) is 6.66. The molecule has 17 heavy (non-hydrogen) atoms. The van der Waals surface area contributed by atoms with Gasteiger partial charge in [-0.05, 0) is 30.5 Å². The summed E-state index contributed by atoms with van der Waals surface area (Å²) >= 11 is 0. The van der Waals surface area contributed by atoms with Crippen LogP contribution in [-0.2, 0) is 15.0 Å². The lowest BCUT2D eigenvalue weighted by Gasteiger charge is -2.34. The van der Waals surface area contributed by atoms with E-state index in [4.69, 9.17) is 5.73 Å². The summed E-state index contributed by atoms with van der Waals surface area (Å²) in [6.07, 6.45) is 1.64. The molecular weight excluding hydrogens is 216 g/mol. The van der Waals surface area contributed by atoms with Crippen LogP contribution in [0.1, 0.15) is 31.7 Å². The van der Waals surface area contributed by atoms with Crippen molar-refractivity contribution in [2.45, 2.75) is 31.6 Å². The zero-order valence-electron chi connectivity index (χ0n) is 9.82. The number of piperidine rings is 1. The van der Waals surface area contributed by atoms with E-state index in [1.54, 1.807) is 12.1 Å². The van der Waals surface area contributed by atoms with Gasteiger partial charge in [-0.15, -0.1) is 0 Å². The van der Waals surface area contributed by atoms with Crippen LogP contribution in [0.5, 0.6) is 0 Å². The van der Waals surface area contributed by atoms with Crippen molar-refractivity contribution in [3.8, 4) is 0 Å². The number of amides is 2. The molecule has 1 atom stereocenters. The quantitative estimate of drug-likeness (QED) is 0.597. The van der Waals surface area contributed by atoms with Crippen LogP contribution in [0.4, 0.5) is 5.69 Å². The molecule has 0 aromatic heterocycles. The van der Waals surface area contributed by atoms with E-state index < -0.39 is 5.41 Å². The molecule has 1 aromatic rings. The van der Waals surface area contributed by atoms with Gasteiger partial charge in [-0.2, -0.15) is 0 Å². The van der Waals surface area contributed by atoms with Crippen LogP contribution < -0.4 is 11.1 Å². The summed E-state index contributed by atoms with van der Waals surface area (Å²) in [7, 11) is 0. The molecule has 1 heterocycles. The third-order valence-electron chi connectivity index (χ3n) is 3.53. The Balaban J connectivity index is 2.40. The van der Waals surface area contributed by atoms with Crippen molar-refractivity contribution >= 4 is 17.5 Å². The minimum atomic E-state index is -0.582. The summed E-state index contributed by atoms with van der Waals surface area (Å²) in [6, 6.07) is 7.31. The Morgan fingerprint density at radius 1 is 1.29 bits per heavy atom. The van der Waals surface area contributed by atoms with Crippen molar-refractivity contribution in [3.63, 3.8) is 0 Å². The third-order valence-corrected chi connectivity index (χ3v) is 3.53. The molecule has 90 valence electrons. The highest BCUT2D eigenvalue weighted by Crippen LogP contribution is 2.35. The molecule has 1 saturated heterocycles. The van der Waals surface area contributed by atoms with Gasteiger partial charge in [0.15, 0.2) is 0 Å². The van der Waals surface area contributed by atoms with Gasteiger partial charge >= 0.3 is 0 Å². The van der Waals surface area contributed by atoms with E-state index in [0.717, 1.165) is 5.56 Å². The number of carbonyl (C=O) groups excluding carboxylic acids is 2. The Labute approximate surface area is 100 Å². The van der Waals surface area contributed by atoms with Crippen molar-refractivity contribution in [2.75, 3.05) is 5.73 Å². The third kappa shape index (κ3) is 1.90. The molecule has 3 N–H and O–H groups in total. The molecule has 1 aliphatic rings. The molecule has 0 spiro atoms. The number of rotatable bonds is 2. The molecule has 1 aliphatic heterocycles. The number of imide groups is 1. The first kappa shape index (κ1) is 11.6. The van der Waals surface area contributed by atoms with Crippen LogP contribution in [0.25, 0.3) is 0 Å². The van der Waals surface area contributed by atoms with Crippen LogP contribution in [0.15, 0.2) is 24.3 Å². The van der Waals surface area contributed by atoms with Crippen LogP contribution >= 0.6 is 0 Å². The van der Waals surface area contributed by atoms with Crippen molar-refractivity contribution < 1.29 is 9.59 Å². The maximum absolute atomic E-state index is 12.1. The van der Waals surface area contributed by atoms with Crippen molar-refractivity contribution in [1.29, 1.82) is 0 Å². The Bertz CT molecular complexity index is 453. The molecule has 2 amide bonds. The predicted molar refractivity (Wildman–Crippen MR) is 65.2 cm³/mol. The molecule has 1 aromatic carbocycles. The van der Waals surface area contributed by atoms with E-state index in [-0.39, 0.29) is 11.8 Å². The monoisotopic (exact) mass is 232 g/mol. The van der Waals surface area contributed by atoms with Crippen molar-refractivity contribution in [2.24, 2.45) is 0 Å². The van der Waals surface area contributed by atoms with Gasteiger partial charge in [0.05, 0.1) is 5.41 Å². The van der Waals surface area contributed by atoms with E-state index in [0.29, 0.717) is 24.9 Å². The molecule has 4 heteroatoms. The number of hydrogen-bond acceptors (Lipinski definition) is 3. The normalized spacial score (nSPS) is 24.5. The van der Waals surface area contributed by atoms with Gasteiger partial charge in [0.2, 0.25) is 11.8 Å². The number of hydrogen-bond donors (Lipinski definition) is 2. The molecule has 2 rings (SSSR count). The van der Waals surface area contributed by atoms with Crippen molar-refractivity contribution in [3.05, 3.63) is 29.8 Å². The zero-order chi connectivity index (χ0) is 12.5. The molecule has 1 fully saturated rings. The van der Waals surface area contributed by atoms with Gasteiger partial charge in [-0.3, -0.25) is 14.9 Å². The van der Waals surface area contributed by atoms with Gasteiger partial charge < -0.3 is 5.73 Å². The Kier molecular flexibility index (Phi) is 2.88. The first-order chi connectivity index (χ1) is 8.08. The maximum Gasteiger partial charge on any atom is 0.237 e. The fourth-order valence-electron chi connectivity index (χ4n) is 2.37. The summed E-state index contributed by atoms with van der Waals surface area (Å²) < 4.78 is 0. The lowest BCUT2D eigenvalue weighted by Crippen LogP contribution is -2.51. The highest BCUT2D eigenvalue weighted by molar-refractivity contribution is 6.03. The van der Waals surface area contributed by atoms with Crippen molar-refractivity contribution in [1.82, 2.24) is 5.32 Å². The first-order valence-corrected chi connectivity index (χ1v) is 5.79. The van der Waals surface area contributed by atoms with Gasteiger partial charge in [0.1, 0.15) is 0 Å². The van der Waals surface area contributed by atoms with Gasteiger partial charge in [0.25, 0.3) is 0 Å². The molecule has 0 bridgehead atoms. The average Bonchev–Trinajstić information content (AvgIpc) is 2.31. The fourth-order valence-corrected chi connectivity index (χ4v) is 2.37. The van der Waals surface area contributed by atoms with E-state index in [1.807, 2.05) is 19.1 Å².